The molecule has 1 saturated heterocycles. The summed E-state index contributed by atoms with van der Waals surface area (Å²) < 4.78 is 11.2. The van der Waals surface area contributed by atoms with Gasteiger partial charge in [-0.1, -0.05) is 19.8 Å². The van der Waals surface area contributed by atoms with Crippen LogP contribution in [0.2, 0.25) is 0 Å². The van der Waals surface area contributed by atoms with Gasteiger partial charge in [-0.3, -0.25) is 4.79 Å². The second-order valence-electron chi connectivity index (χ2n) is 8.44. The van der Waals surface area contributed by atoms with Crippen LogP contribution >= 0.6 is 0 Å². The third kappa shape index (κ3) is 3.90. The van der Waals surface area contributed by atoms with E-state index >= 15 is 0 Å². The Kier molecular flexibility index (Phi) is 5.38. The van der Waals surface area contributed by atoms with E-state index in [1.807, 2.05) is 17.9 Å². The molecule has 2 aromatic rings. The summed E-state index contributed by atoms with van der Waals surface area (Å²) in [4.78, 5) is 26.5. The van der Waals surface area contributed by atoms with E-state index in [-0.39, 0.29) is 17.5 Å². The molecule has 0 radical (unpaired) electrons. The van der Waals surface area contributed by atoms with Crippen molar-refractivity contribution in [2.45, 2.75) is 64.1 Å². The van der Waals surface area contributed by atoms with Crippen LogP contribution in [-0.2, 0) is 11.2 Å². The first-order chi connectivity index (χ1) is 13.9. The van der Waals surface area contributed by atoms with Crippen molar-refractivity contribution in [2.24, 2.45) is 5.92 Å². The van der Waals surface area contributed by atoms with Gasteiger partial charge in [0.1, 0.15) is 11.3 Å². The highest BCUT2D eigenvalue weighted by atomic mass is 16.5. The summed E-state index contributed by atoms with van der Waals surface area (Å²) in [5.74, 6) is 0.589. The molecule has 1 aromatic heterocycles. The van der Waals surface area contributed by atoms with E-state index in [2.05, 4.69) is 0 Å². The van der Waals surface area contributed by atoms with Gasteiger partial charge in [-0.25, -0.2) is 4.79 Å². The van der Waals surface area contributed by atoms with Crippen molar-refractivity contribution in [1.82, 2.24) is 4.90 Å². The van der Waals surface area contributed by atoms with Crippen molar-refractivity contribution in [1.29, 1.82) is 0 Å². The van der Waals surface area contributed by atoms with E-state index in [4.69, 9.17) is 9.15 Å². The van der Waals surface area contributed by atoms with E-state index in [1.165, 1.54) is 6.07 Å². The second-order valence-corrected chi connectivity index (χ2v) is 8.44. The van der Waals surface area contributed by atoms with E-state index in [0.29, 0.717) is 30.8 Å². The Morgan fingerprint density at radius 1 is 1.34 bits per heavy atom. The Hall–Kier alpha value is -2.34. The van der Waals surface area contributed by atoms with Crippen LogP contribution in [0.4, 0.5) is 0 Å². The van der Waals surface area contributed by atoms with Crippen LogP contribution in [0.25, 0.3) is 11.0 Å². The first-order valence-electron chi connectivity index (χ1n) is 10.6. The molecule has 6 nitrogen and oxygen atoms in total. The van der Waals surface area contributed by atoms with Gasteiger partial charge >= 0.3 is 5.63 Å². The normalized spacial score (nSPS) is 25.5. The number of benzene rings is 1. The summed E-state index contributed by atoms with van der Waals surface area (Å²) in [6, 6.07) is 6.86. The highest BCUT2D eigenvalue weighted by Crippen LogP contribution is 2.40. The Bertz CT molecular complexity index is 967. The Labute approximate surface area is 170 Å². The predicted octanol–water partition coefficient (Wildman–Crippen LogP) is 3.28. The van der Waals surface area contributed by atoms with Crippen molar-refractivity contribution in [3.05, 3.63) is 40.2 Å². The maximum Gasteiger partial charge on any atom is 0.336 e. The Balaban J connectivity index is 1.47. The minimum absolute atomic E-state index is 0.0681. The molecular weight excluding hydrogens is 370 g/mol. The number of carbonyl (C=O) groups excluding carboxylic acids is 1. The van der Waals surface area contributed by atoms with Gasteiger partial charge < -0.3 is 19.2 Å². The molecule has 0 bridgehead atoms. The molecule has 1 saturated carbocycles. The number of hydrogen-bond acceptors (Lipinski definition) is 5. The molecular formula is C23H29NO5. The first kappa shape index (κ1) is 20.0. The summed E-state index contributed by atoms with van der Waals surface area (Å²) in [5.41, 5.74) is 0.410. The fraction of sp³-hybridized carbons (Fsp3) is 0.565. The molecule has 1 aliphatic carbocycles. The quantitative estimate of drug-likeness (QED) is 0.798. The highest BCUT2D eigenvalue weighted by Gasteiger charge is 2.44. The van der Waals surface area contributed by atoms with Gasteiger partial charge in [0, 0.05) is 36.5 Å². The number of amides is 1. The van der Waals surface area contributed by atoms with Crippen molar-refractivity contribution in [3.63, 3.8) is 0 Å². The predicted molar refractivity (Wildman–Crippen MR) is 110 cm³/mol. The minimum atomic E-state index is -0.650. The lowest BCUT2D eigenvalue weighted by atomic mass is 9.71. The van der Waals surface area contributed by atoms with Crippen molar-refractivity contribution in [3.8, 4) is 5.75 Å². The average molecular weight is 399 g/mol. The van der Waals surface area contributed by atoms with E-state index < -0.39 is 11.7 Å². The molecule has 1 aliphatic heterocycles. The van der Waals surface area contributed by atoms with Gasteiger partial charge in [0.05, 0.1) is 5.60 Å². The molecule has 1 amide bonds. The van der Waals surface area contributed by atoms with Crippen molar-refractivity contribution < 1.29 is 19.1 Å². The minimum Gasteiger partial charge on any atom is -0.481 e. The zero-order valence-corrected chi connectivity index (χ0v) is 17.1. The third-order valence-electron chi connectivity index (χ3n) is 6.58. The van der Waals surface area contributed by atoms with Crippen molar-refractivity contribution in [2.75, 3.05) is 13.1 Å². The van der Waals surface area contributed by atoms with Gasteiger partial charge in [0.15, 0.2) is 6.10 Å². The molecule has 2 heterocycles. The Morgan fingerprint density at radius 2 is 2.17 bits per heavy atom. The van der Waals surface area contributed by atoms with Gasteiger partial charge in [0.25, 0.3) is 5.91 Å². The third-order valence-corrected chi connectivity index (χ3v) is 6.58. The zero-order valence-electron chi connectivity index (χ0n) is 17.1. The number of likely N-dealkylation sites (tertiary alicyclic amines) is 1. The second kappa shape index (κ2) is 7.82. The smallest absolute Gasteiger partial charge is 0.336 e. The summed E-state index contributed by atoms with van der Waals surface area (Å²) in [6.07, 6.45) is 4.72. The molecule has 0 spiro atoms. The molecule has 2 fully saturated rings. The summed E-state index contributed by atoms with van der Waals surface area (Å²) in [7, 11) is 0. The zero-order chi connectivity index (χ0) is 20.6. The fourth-order valence-corrected chi connectivity index (χ4v) is 4.86. The van der Waals surface area contributed by atoms with Crippen LogP contribution in [0.5, 0.6) is 5.75 Å². The maximum absolute atomic E-state index is 12.9. The molecule has 6 heteroatoms. The van der Waals surface area contributed by atoms with Crippen LogP contribution in [0.15, 0.2) is 33.5 Å². The number of piperidine rings is 1. The molecule has 3 atom stereocenters. The molecule has 2 aliphatic rings. The molecule has 4 rings (SSSR count). The van der Waals surface area contributed by atoms with Gasteiger partial charge in [-0.15, -0.1) is 0 Å². The number of aryl methyl sites for hydroxylation is 1. The first-order valence-corrected chi connectivity index (χ1v) is 10.6. The maximum atomic E-state index is 12.9. The van der Waals surface area contributed by atoms with Crippen LogP contribution in [0.3, 0.4) is 0 Å². The number of ether oxygens (including phenoxy) is 1. The topological polar surface area (TPSA) is 80.0 Å². The van der Waals surface area contributed by atoms with Crippen LogP contribution in [0, 0.1) is 5.92 Å². The molecule has 156 valence electrons. The molecule has 1 N–H and O–H groups in total. The van der Waals surface area contributed by atoms with Gasteiger partial charge in [-0.05, 0) is 50.3 Å². The van der Waals surface area contributed by atoms with Crippen LogP contribution in [0.1, 0.15) is 51.5 Å². The van der Waals surface area contributed by atoms with Gasteiger partial charge in [0.2, 0.25) is 0 Å². The lowest BCUT2D eigenvalue weighted by Gasteiger charge is -2.47. The van der Waals surface area contributed by atoms with Gasteiger partial charge in [-0.2, -0.15) is 0 Å². The van der Waals surface area contributed by atoms with Crippen LogP contribution in [-0.4, -0.2) is 40.7 Å². The average Bonchev–Trinajstić information content (AvgIpc) is 2.71. The SMILES string of the molecule is CCc1cc(=O)oc2cc(O[C@@H](C)C(=O)N3CC[C@]4(O)CCCC[C@@H]4C3)ccc12. The van der Waals surface area contributed by atoms with E-state index in [1.54, 1.807) is 19.1 Å². The van der Waals surface area contributed by atoms with E-state index in [9.17, 15) is 14.7 Å². The summed E-state index contributed by atoms with van der Waals surface area (Å²) in [5, 5.41) is 11.7. The molecule has 0 unspecified atom stereocenters. The lowest BCUT2D eigenvalue weighted by Crippen LogP contribution is -2.56. The number of hydrogen-bond donors (Lipinski definition) is 1. The number of rotatable bonds is 4. The molecule has 29 heavy (non-hydrogen) atoms. The largest absolute Gasteiger partial charge is 0.481 e. The standard InChI is InChI=1S/C23H29NO5/c1-3-16-12-21(25)29-20-13-18(7-8-19(16)20)28-15(2)22(26)24-11-10-23(27)9-5-4-6-17(23)14-24/h7-8,12-13,15,17,27H,3-6,9-11,14H2,1-2H3/t15-,17+,23+/m0/s1. The lowest BCUT2D eigenvalue weighted by molar-refractivity contribution is -0.149. The summed E-state index contributed by atoms with van der Waals surface area (Å²) in [6.45, 7) is 4.89. The number of nitrogens with zero attached hydrogens (tertiary/aromatic N) is 1. The molecule has 1 aromatic carbocycles. The monoisotopic (exact) mass is 399 g/mol. The number of carbonyl (C=O) groups is 1. The number of aliphatic hydroxyl groups is 1. The van der Waals surface area contributed by atoms with Crippen LogP contribution < -0.4 is 10.4 Å². The van der Waals surface area contributed by atoms with Crippen molar-refractivity contribution >= 4 is 16.9 Å². The number of fused-ring (bicyclic) bond motifs is 2. The highest BCUT2D eigenvalue weighted by molar-refractivity contribution is 5.83. The Morgan fingerprint density at radius 3 is 2.97 bits per heavy atom. The fourth-order valence-electron chi connectivity index (χ4n) is 4.86. The van der Waals surface area contributed by atoms with E-state index in [0.717, 1.165) is 43.1 Å². The summed E-state index contributed by atoms with van der Waals surface area (Å²) >= 11 is 0.